The molecule has 0 unspecified atom stereocenters. The number of thioether (sulfide) groups is 1. The number of nitrogens with one attached hydrogen (secondary N) is 3. The lowest BCUT2D eigenvalue weighted by molar-refractivity contribution is -0.119. The van der Waals surface area contributed by atoms with E-state index in [1.807, 2.05) is 25.1 Å². The van der Waals surface area contributed by atoms with Crippen LogP contribution in [-0.4, -0.2) is 36.5 Å². The molecule has 24 heavy (non-hydrogen) atoms. The fourth-order valence-electron chi connectivity index (χ4n) is 2.12. The summed E-state index contributed by atoms with van der Waals surface area (Å²) in [6.07, 6.45) is 0. The van der Waals surface area contributed by atoms with E-state index in [1.165, 1.54) is 22.5 Å². The van der Waals surface area contributed by atoms with Crippen LogP contribution in [0, 0.1) is 0 Å². The van der Waals surface area contributed by atoms with Crippen LogP contribution in [0.4, 0.5) is 0 Å². The minimum absolute atomic E-state index is 0.0684. The van der Waals surface area contributed by atoms with Crippen LogP contribution in [0.2, 0.25) is 0 Å². The average Bonchev–Trinajstić information content (AvgIpc) is 2.58. The van der Waals surface area contributed by atoms with Crippen molar-refractivity contribution in [2.45, 2.75) is 17.9 Å². The van der Waals surface area contributed by atoms with Crippen LogP contribution in [0.1, 0.15) is 6.92 Å². The Hall–Kier alpha value is -1.83. The van der Waals surface area contributed by atoms with Crippen molar-refractivity contribution in [3.8, 4) is 0 Å². The van der Waals surface area contributed by atoms with Crippen molar-refractivity contribution in [2.24, 2.45) is 0 Å². The molecule has 0 radical (unpaired) electrons. The van der Waals surface area contributed by atoms with Gasteiger partial charge in [-0.15, -0.1) is 11.8 Å². The minimum atomic E-state index is -0.142. The van der Waals surface area contributed by atoms with Crippen LogP contribution in [-0.2, 0) is 9.53 Å². The molecule has 2 rings (SSSR count). The number of hydrogen-bond donors (Lipinski definition) is 3. The summed E-state index contributed by atoms with van der Waals surface area (Å²) in [5, 5.41) is 5.72. The first-order valence-corrected chi connectivity index (χ1v) is 8.94. The molecule has 0 aromatic heterocycles. The Bertz CT molecular complexity index is 709. The highest BCUT2D eigenvalue weighted by Gasteiger charge is 2.06. The molecular formula is C17H21N3O2S2. The molecule has 3 N–H and O–H groups in total. The van der Waals surface area contributed by atoms with E-state index in [0.717, 1.165) is 4.90 Å². The molecule has 2 aromatic carbocycles. The molecule has 1 amide bonds. The predicted molar refractivity (Wildman–Crippen MR) is 103 cm³/mol. The number of rotatable bonds is 6. The molecule has 0 fully saturated rings. The SMILES string of the molecule is COC[C@H](C)NC(=S)NNC(=O)CSc1ccc2ccccc2c1. The summed E-state index contributed by atoms with van der Waals surface area (Å²) in [5.74, 6) is 0.165. The van der Waals surface area contributed by atoms with Crippen LogP contribution in [0.25, 0.3) is 10.8 Å². The van der Waals surface area contributed by atoms with Gasteiger partial charge < -0.3 is 10.1 Å². The smallest absolute Gasteiger partial charge is 0.248 e. The van der Waals surface area contributed by atoms with Crippen molar-refractivity contribution < 1.29 is 9.53 Å². The average molecular weight is 364 g/mol. The Morgan fingerprint density at radius 1 is 1.21 bits per heavy atom. The second-order valence-corrected chi connectivity index (χ2v) is 6.76. The van der Waals surface area contributed by atoms with Gasteiger partial charge in [-0.25, -0.2) is 0 Å². The largest absolute Gasteiger partial charge is 0.383 e. The number of carbonyl (C=O) groups is 1. The Morgan fingerprint density at radius 3 is 2.71 bits per heavy atom. The van der Waals surface area contributed by atoms with Crippen molar-refractivity contribution in [2.75, 3.05) is 19.5 Å². The standard InChI is InChI=1S/C17H21N3O2S2/c1-12(10-22-2)18-17(23)20-19-16(21)11-24-15-8-7-13-5-3-4-6-14(13)9-15/h3-9,12H,10-11H2,1-2H3,(H,19,21)(H2,18,20,23)/t12-/m0/s1. The lowest BCUT2D eigenvalue weighted by Crippen LogP contribution is -2.50. The Kier molecular flexibility index (Phi) is 7.30. The van der Waals surface area contributed by atoms with Crippen molar-refractivity contribution in [3.05, 3.63) is 42.5 Å². The number of benzene rings is 2. The highest BCUT2D eigenvalue weighted by Crippen LogP contribution is 2.23. The highest BCUT2D eigenvalue weighted by atomic mass is 32.2. The molecule has 0 aliphatic carbocycles. The fraction of sp³-hybridized carbons (Fsp3) is 0.294. The summed E-state index contributed by atoms with van der Waals surface area (Å²) >= 11 is 6.58. The van der Waals surface area contributed by atoms with E-state index in [9.17, 15) is 4.79 Å². The van der Waals surface area contributed by atoms with Crippen LogP contribution < -0.4 is 16.2 Å². The quantitative estimate of drug-likeness (QED) is 0.416. The van der Waals surface area contributed by atoms with E-state index in [2.05, 4.69) is 40.4 Å². The van der Waals surface area contributed by atoms with Crippen molar-refractivity contribution in [1.29, 1.82) is 0 Å². The van der Waals surface area contributed by atoms with Crippen LogP contribution in [0.5, 0.6) is 0 Å². The summed E-state index contributed by atoms with van der Waals surface area (Å²) in [4.78, 5) is 12.9. The lowest BCUT2D eigenvalue weighted by atomic mass is 10.1. The maximum Gasteiger partial charge on any atom is 0.248 e. The predicted octanol–water partition coefficient (Wildman–Crippen LogP) is 2.46. The molecule has 0 heterocycles. The van der Waals surface area contributed by atoms with Gasteiger partial charge in [0.15, 0.2) is 5.11 Å². The molecule has 5 nitrogen and oxygen atoms in total. The summed E-state index contributed by atoms with van der Waals surface area (Å²) in [6, 6.07) is 14.4. The van der Waals surface area contributed by atoms with Crippen LogP contribution in [0.3, 0.4) is 0 Å². The third-order valence-corrected chi connectivity index (χ3v) is 4.41. The number of hydrazine groups is 1. The van der Waals surface area contributed by atoms with Gasteiger partial charge in [-0.3, -0.25) is 15.6 Å². The number of hydrogen-bond acceptors (Lipinski definition) is 4. The minimum Gasteiger partial charge on any atom is -0.383 e. The maximum atomic E-state index is 11.9. The summed E-state index contributed by atoms with van der Waals surface area (Å²) < 4.78 is 5.01. The molecule has 2 aromatic rings. The maximum absolute atomic E-state index is 11.9. The zero-order valence-electron chi connectivity index (χ0n) is 13.7. The topological polar surface area (TPSA) is 62.4 Å². The van der Waals surface area contributed by atoms with E-state index < -0.39 is 0 Å². The van der Waals surface area contributed by atoms with Crippen LogP contribution in [0.15, 0.2) is 47.4 Å². The normalized spacial score (nSPS) is 11.8. The van der Waals surface area contributed by atoms with Gasteiger partial charge in [0.25, 0.3) is 0 Å². The number of carbonyl (C=O) groups excluding carboxylic acids is 1. The van der Waals surface area contributed by atoms with Crippen molar-refractivity contribution in [1.82, 2.24) is 16.2 Å². The highest BCUT2D eigenvalue weighted by molar-refractivity contribution is 8.00. The van der Waals surface area contributed by atoms with Gasteiger partial charge >= 0.3 is 0 Å². The molecule has 0 saturated heterocycles. The number of thiocarbonyl (C=S) groups is 1. The van der Waals surface area contributed by atoms with Crippen molar-refractivity contribution in [3.63, 3.8) is 0 Å². The Labute approximate surface area is 151 Å². The number of methoxy groups -OCH3 is 1. The molecular weight excluding hydrogens is 342 g/mol. The van der Waals surface area contributed by atoms with Gasteiger partial charge in [-0.2, -0.15) is 0 Å². The Balaban J connectivity index is 1.75. The fourth-order valence-corrected chi connectivity index (χ4v) is 3.12. The second-order valence-electron chi connectivity index (χ2n) is 5.30. The van der Waals surface area contributed by atoms with Gasteiger partial charge in [-0.1, -0.05) is 30.3 Å². The monoisotopic (exact) mass is 363 g/mol. The van der Waals surface area contributed by atoms with Gasteiger partial charge in [0.05, 0.1) is 12.4 Å². The van der Waals surface area contributed by atoms with E-state index in [1.54, 1.807) is 7.11 Å². The van der Waals surface area contributed by atoms with Gasteiger partial charge in [-0.05, 0) is 42.0 Å². The molecule has 7 heteroatoms. The van der Waals surface area contributed by atoms with Gasteiger partial charge in [0.2, 0.25) is 5.91 Å². The third-order valence-electron chi connectivity index (χ3n) is 3.20. The Morgan fingerprint density at radius 2 is 1.96 bits per heavy atom. The summed E-state index contributed by atoms with van der Waals surface area (Å²) in [6.45, 7) is 2.47. The first-order chi connectivity index (χ1) is 11.6. The zero-order valence-corrected chi connectivity index (χ0v) is 15.3. The molecule has 0 bridgehead atoms. The molecule has 0 aliphatic heterocycles. The molecule has 1 atom stereocenters. The third kappa shape index (κ3) is 5.99. The van der Waals surface area contributed by atoms with Crippen molar-refractivity contribution >= 4 is 45.8 Å². The van der Waals surface area contributed by atoms with Crippen LogP contribution >= 0.6 is 24.0 Å². The number of fused-ring (bicyclic) bond motifs is 1. The number of amides is 1. The number of ether oxygens (including phenoxy) is 1. The van der Waals surface area contributed by atoms with E-state index >= 15 is 0 Å². The molecule has 0 aliphatic rings. The molecule has 0 spiro atoms. The summed E-state index contributed by atoms with van der Waals surface area (Å²) in [7, 11) is 1.63. The lowest BCUT2D eigenvalue weighted by Gasteiger charge is -2.16. The van der Waals surface area contributed by atoms with Gasteiger partial charge in [0, 0.05) is 18.0 Å². The summed E-state index contributed by atoms with van der Waals surface area (Å²) in [5.41, 5.74) is 5.27. The zero-order chi connectivity index (χ0) is 17.4. The van der Waals surface area contributed by atoms with E-state index in [4.69, 9.17) is 17.0 Å². The van der Waals surface area contributed by atoms with E-state index in [-0.39, 0.29) is 11.9 Å². The second kappa shape index (κ2) is 9.46. The molecule has 0 saturated carbocycles. The van der Waals surface area contributed by atoms with Gasteiger partial charge in [0.1, 0.15) is 0 Å². The first-order valence-electron chi connectivity index (χ1n) is 7.54. The first kappa shape index (κ1) is 18.5. The molecule has 128 valence electrons. The van der Waals surface area contributed by atoms with E-state index in [0.29, 0.717) is 17.5 Å².